The molecule has 2 heterocycles. The number of carbonyl (C=O) groups excluding carboxylic acids is 1. The number of hydrogen-bond donors (Lipinski definition) is 0. The van der Waals surface area contributed by atoms with Crippen molar-refractivity contribution >= 4 is 23.5 Å². The summed E-state index contributed by atoms with van der Waals surface area (Å²) in [6.45, 7) is 0.119. The molecule has 0 spiro atoms. The maximum atomic E-state index is 12.3. The van der Waals surface area contributed by atoms with Crippen LogP contribution in [-0.2, 0) is 6.61 Å². The molecular formula is C23H16ClN3O3. The normalized spacial score (nSPS) is 11.0. The van der Waals surface area contributed by atoms with Gasteiger partial charge in [0.15, 0.2) is 12.4 Å². The Labute approximate surface area is 177 Å². The van der Waals surface area contributed by atoms with Crippen LogP contribution in [0.2, 0.25) is 5.02 Å². The zero-order valence-electron chi connectivity index (χ0n) is 15.7. The first kappa shape index (κ1) is 19.5. The number of ether oxygens (including phenoxy) is 1. The Balaban J connectivity index is 1.34. The summed E-state index contributed by atoms with van der Waals surface area (Å²) in [4.78, 5) is 16.4. The number of aromatic nitrogens is 3. The van der Waals surface area contributed by atoms with E-state index in [4.69, 9.17) is 20.8 Å². The number of hydrogen-bond acceptors (Lipinski definition) is 6. The molecular weight excluding hydrogens is 402 g/mol. The van der Waals surface area contributed by atoms with E-state index in [0.29, 0.717) is 28.1 Å². The second-order valence-corrected chi connectivity index (χ2v) is 6.71. The van der Waals surface area contributed by atoms with E-state index in [-0.39, 0.29) is 12.4 Å². The average molecular weight is 418 g/mol. The Bertz CT molecular complexity index is 1150. The Morgan fingerprint density at radius 2 is 1.80 bits per heavy atom. The van der Waals surface area contributed by atoms with Crippen LogP contribution in [0.4, 0.5) is 0 Å². The molecule has 0 unspecified atom stereocenters. The fourth-order valence-electron chi connectivity index (χ4n) is 2.61. The highest BCUT2D eigenvalue weighted by atomic mass is 35.5. The van der Waals surface area contributed by atoms with Crippen LogP contribution in [0.3, 0.4) is 0 Å². The van der Waals surface area contributed by atoms with Crippen molar-refractivity contribution in [3.8, 4) is 17.2 Å². The SMILES string of the molecule is O=C(/C=C/c1ccccn1)c1ccc(OCc2nnc(-c3ccc(Cl)cc3)o2)cc1. The molecule has 0 atom stereocenters. The highest BCUT2D eigenvalue weighted by molar-refractivity contribution is 6.30. The lowest BCUT2D eigenvalue weighted by molar-refractivity contribution is 0.104. The van der Waals surface area contributed by atoms with E-state index in [2.05, 4.69) is 15.2 Å². The van der Waals surface area contributed by atoms with Gasteiger partial charge in [0.2, 0.25) is 5.89 Å². The van der Waals surface area contributed by atoms with E-state index in [1.165, 1.54) is 6.08 Å². The number of benzene rings is 2. The van der Waals surface area contributed by atoms with Crippen molar-refractivity contribution in [2.75, 3.05) is 0 Å². The largest absolute Gasteiger partial charge is 0.484 e. The van der Waals surface area contributed by atoms with Gasteiger partial charge in [0.1, 0.15) is 5.75 Å². The third kappa shape index (κ3) is 4.98. The molecule has 4 aromatic rings. The minimum Gasteiger partial charge on any atom is -0.484 e. The first-order valence-corrected chi connectivity index (χ1v) is 9.50. The number of halogens is 1. The van der Waals surface area contributed by atoms with E-state index in [1.54, 1.807) is 60.8 Å². The summed E-state index contributed by atoms with van der Waals surface area (Å²) < 4.78 is 11.3. The fraction of sp³-hybridized carbons (Fsp3) is 0.0435. The molecule has 0 aliphatic rings. The van der Waals surface area contributed by atoms with E-state index in [1.807, 2.05) is 18.2 Å². The molecule has 0 fully saturated rings. The van der Waals surface area contributed by atoms with Crippen LogP contribution in [-0.4, -0.2) is 21.0 Å². The lowest BCUT2D eigenvalue weighted by Gasteiger charge is -2.04. The summed E-state index contributed by atoms with van der Waals surface area (Å²) in [6, 6.07) is 19.5. The molecule has 2 aromatic heterocycles. The smallest absolute Gasteiger partial charge is 0.254 e. The Morgan fingerprint density at radius 1 is 1.00 bits per heavy atom. The topological polar surface area (TPSA) is 78.1 Å². The van der Waals surface area contributed by atoms with Gasteiger partial charge in [-0.1, -0.05) is 17.7 Å². The van der Waals surface area contributed by atoms with Gasteiger partial charge in [0, 0.05) is 22.3 Å². The second kappa shape index (κ2) is 9.15. The van der Waals surface area contributed by atoms with Crippen molar-refractivity contribution in [1.29, 1.82) is 0 Å². The van der Waals surface area contributed by atoms with E-state index < -0.39 is 0 Å². The van der Waals surface area contributed by atoms with Gasteiger partial charge in [-0.2, -0.15) is 0 Å². The second-order valence-electron chi connectivity index (χ2n) is 6.27. The molecule has 0 saturated heterocycles. The molecule has 4 rings (SSSR count). The van der Waals surface area contributed by atoms with E-state index >= 15 is 0 Å². The maximum Gasteiger partial charge on any atom is 0.254 e. The lowest BCUT2D eigenvalue weighted by Crippen LogP contribution is -1.97. The van der Waals surface area contributed by atoms with Gasteiger partial charge in [0.05, 0.1) is 5.69 Å². The molecule has 7 heteroatoms. The number of carbonyl (C=O) groups is 1. The van der Waals surface area contributed by atoms with E-state index in [0.717, 1.165) is 11.3 Å². The standard InChI is InChI=1S/C23H16ClN3O3/c24-18-8-4-17(5-9-18)23-27-26-22(30-23)15-29-20-11-6-16(7-12-20)21(28)13-10-19-3-1-2-14-25-19/h1-14H,15H2/b13-10+. The highest BCUT2D eigenvalue weighted by Crippen LogP contribution is 2.21. The zero-order chi connectivity index (χ0) is 20.8. The van der Waals surface area contributed by atoms with Gasteiger partial charge in [-0.25, -0.2) is 0 Å². The number of rotatable bonds is 7. The number of nitrogens with zero attached hydrogens (tertiary/aromatic N) is 3. The summed E-state index contributed by atoms with van der Waals surface area (Å²) in [7, 11) is 0. The highest BCUT2D eigenvalue weighted by Gasteiger charge is 2.09. The Hall–Kier alpha value is -3.77. The van der Waals surface area contributed by atoms with E-state index in [9.17, 15) is 4.79 Å². The first-order chi connectivity index (χ1) is 14.7. The van der Waals surface area contributed by atoms with Crippen LogP contribution in [0.15, 0.2) is 83.4 Å². The van der Waals surface area contributed by atoms with Gasteiger partial charge in [-0.3, -0.25) is 9.78 Å². The molecule has 0 aliphatic heterocycles. The van der Waals surface area contributed by atoms with Crippen LogP contribution < -0.4 is 4.74 Å². The molecule has 0 saturated carbocycles. The van der Waals surface area contributed by atoms with Crippen LogP contribution in [0.25, 0.3) is 17.5 Å². The molecule has 0 aliphatic carbocycles. The minimum absolute atomic E-state index is 0.114. The van der Waals surface area contributed by atoms with Crippen molar-refractivity contribution in [1.82, 2.24) is 15.2 Å². The van der Waals surface area contributed by atoms with Crippen molar-refractivity contribution in [3.63, 3.8) is 0 Å². The number of pyridine rings is 1. The molecule has 0 amide bonds. The van der Waals surface area contributed by atoms with Crippen molar-refractivity contribution < 1.29 is 13.9 Å². The molecule has 148 valence electrons. The fourth-order valence-corrected chi connectivity index (χ4v) is 2.74. The predicted molar refractivity (Wildman–Crippen MR) is 113 cm³/mol. The van der Waals surface area contributed by atoms with Crippen molar-refractivity contribution in [3.05, 3.63) is 101 Å². The van der Waals surface area contributed by atoms with Crippen LogP contribution in [0, 0.1) is 0 Å². The van der Waals surface area contributed by atoms with Gasteiger partial charge in [0.25, 0.3) is 5.89 Å². The van der Waals surface area contributed by atoms with Crippen molar-refractivity contribution in [2.24, 2.45) is 0 Å². The minimum atomic E-state index is -0.114. The zero-order valence-corrected chi connectivity index (χ0v) is 16.5. The average Bonchev–Trinajstić information content (AvgIpc) is 3.27. The Morgan fingerprint density at radius 3 is 2.53 bits per heavy atom. The van der Waals surface area contributed by atoms with Gasteiger partial charge in [-0.15, -0.1) is 10.2 Å². The predicted octanol–water partition coefficient (Wildman–Crippen LogP) is 5.26. The summed E-state index contributed by atoms with van der Waals surface area (Å²) in [6.07, 6.45) is 4.85. The molecule has 6 nitrogen and oxygen atoms in total. The molecule has 30 heavy (non-hydrogen) atoms. The van der Waals surface area contributed by atoms with Crippen molar-refractivity contribution in [2.45, 2.75) is 6.61 Å². The number of ketones is 1. The molecule has 0 bridgehead atoms. The molecule has 0 N–H and O–H groups in total. The Kier molecular flexibility index (Phi) is 5.96. The summed E-state index contributed by atoms with van der Waals surface area (Å²) >= 11 is 5.88. The van der Waals surface area contributed by atoms with Gasteiger partial charge < -0.3 is 9.15 Å². The summed E-state index contributed by atoms with van der Waals surface area (Å²) in [5.41, 5.74) is 2.06. The van der Waals surface area contributed by atoms with Crippen LogP contribution in [0.5, 0.6) is 5.75 Å². The van der Waals surface area contributed by atoms with Crippen LogP contribution >= 0.6 is 11.6 Å². The monoisotopic (exact) mass is 417 g/mol. The first-order valence-electron chi connectivity index (χ1n) is 9.12. The van der Waals surface area contributed by atoms with Gasteiger partial charge in [-0.05, 0) is 72.8 Å². The maximum absolute atomic E-state index is 12.3. The molecule has 0 radical (unpaired) electrons. The van der Waals surface area contributed by atoms with Crippen LogP contribution in [0.1, 0.15) is 21.9 Å². The summed E-state index contributed by atoms with van der Waals surface area (Å²) in [5, 5.41) is 8.63. The number of allylic oxidation sites excluding steroid dienone is 1. The third-order valence-electron chi connectivity index (χ3n) is 4.15. The third-order valence-corrected chi connectivity index (χ3v) is 4.40. The van der Waals surface area contributed by atoms with Gasteiger partial charge >= 0.3 is 0 Å². The molecule has 2 aromatic carbocycles. The lowest BCUT2D eigenvalue weighted by atomic mass is 10.1. The quantitative estimate of drug-likeness (QED) is 0.301. The summed E-state index contributed by atoms with van der Waals surface area (Å²) in [5.74, 6) is 1.22.